The summed E-state index contributed by atoms with van der Waals surface area (Å²) in [5.74, 6) is 2.91. The van der Waals surface area contributed by atoms with Gasteiger partial charge in [0.2, 0.25) is 0 Å². The van der Waals surface area contributed by atoms with Gasteiger partial charge in [0, 0.05) is 35.3 Å². The second-order valence-corrected chi connectivity index (χ2v) is 14.7. The molecule has 8 nitrogen and oxygen atoms in total. The summed E-state index contributed by atoms with van der Waals surface area (Å²) >= 11 is 0. The summed E-state index contributed by atoms with van der Waals surface area (Å²) in [6.07, 6.45) is 1.52. The molecule has 0 radical (unpaired) electrons. The van der Waals surface area contributed by atoms with Gasteiger partial charge in [-0.3, -0.25) is 9.59 Å². The Hall–Kier alpha value is -7.06. The third kappa shape index (κ3) is 5.74. The van der Waals surface area contributed by atoms with Crippen LogP contribution < -0.4 is 18.9 Å². The van der Waals surface area contributed by atoms with Gasteiger partial charge < -0.3 is 28.1 Å². The molecule has 58 heavy (non-hydrogen) atoms. The van der Waals surface area contributed by atoms with Crippen LogP contribution in [-0.2, 0) is 25.9 Å². The molecule has 0 atom stereocenters. The summed E-state index contributed by atoms with van der Waals surface area (Å²) in [6, 6.07) is 43.8. The lowest BCUT2D eigenvalue weighted by Gasteiger charge is -2.14. The molecule has 6 aromatic carbocycles. The third-order valence-electron chi connectivity index (χ3n) is 11.5. The molecule has 0 spiro atoms. The lowest BCUT2D eigenvalue weighted by atomic mass is 10.1. The highest BCUT2D eigenvalue weighted by Gasteiger charge is 2.36. The second kappa shape index (κ2) is 14.5. The molecule has 8 aromatic rings. The summed E-state index contributed by atoms with van der Waals surface area (Å²) in [7, 11) is 3.35. The fourth-order valence-corrected chi connectivity index (χ4v) is 8.93. The lowest BCUT2D eigenvalue weighted by molar-refractivity contribution is 0.103. The molecule has 286 valence electrons. The smallest absolute Gasteiger partial charge is 0.196 e. The van der Waals surface area contributed by atoms with E-state index in [-0.39, 0.29) is 24.8 Å². The van der Waals surface area contributed by atoms with Crippen molar-refractivity contribution >= 4 is 33.4 Å². The van der Waals surface area contributed by atoms with Gasteiger partial charge in [-0.05, 0) is 72.5 Å². The van der Waals surface area contributed by atoms with Crippen molar-refractivity contribution in [3.05, 3.63) is 167 Å². The summed E-state index contributed by atoms with van der Waals surface area (Å²) in [5, 5.41) is 1.61. The minimum absolute atomic E-state index is 0.00476. The highest BCUT2D eigenvalue weighted by molar-refractivity contribution is 6.29. The molecule has 2 heterocycles. The molecular formula is C50H40N2O6. The molecule has 2 aliphatic carbocycles. The van der Waals surface area contributed by atoms with Gasteiger partial charge in [0.15, 0.2) is 11.6 Å². The van der Waals surface area contributed by atoms with Crippen molar-refractivity contribution in [3.8, 4) is 45.5 Å². The Kier molecular flexibility index (Phi) is 8.82. The van der Waals surface area contributed by atoms with Crippen LogP contribution in [0.5, 0.6) is 23.0 Å². The third-order valence-corrected chi connectivity index (χ3v) is 11.5. The Morgan fingerprint density at radius 1 is 0.466 bits per heavy atom. The van der Waals surface area contributed by atoms with Crippen LogP contribution >= 0.6 is 0 Å². The quantitative estimate of drug-likeness (QED) is 0.109. The Morgan fingerprint density at radius 3 is 1.31 bits per heavy atom. The van der Waals surface area contributed by atoms with Crippen molar-refractivity contribution in [3.63, 3.8) is 0 Å². The van der Waals surface area contributed by atoms with Crippen LogP contribution in [0.3, 0.4) is 0 Å². The monoisotopic (exact) mass is 764 g/mol. The van der Waals surface area contributed by atoms with Crippen molar-refractivity contribution in [1.82, 2.24) is 9.13 Å². The number of carbonyl (C=O) groups excluding carboxylic acids is 2. The number of aromatic nitrogens is 2. The SMILES string of the molecule is COc1cccc(CCn2c3c(c4c(OCCOc5cccc6c5c5c(n6CCc6cccc(OC)c6)-c6ccccc6C5=O)cccc42)C(=O)c2ccccc2-3)c1. The van der Waals surface area contributed by atoms with Crippen LogP contribution in [0.2, 0.25) is 0 Å². The molecule has 0 amide bonds. The van der Waals surface area contributed by atoms with Gasteiger partial charge in [-0.25, -0.2) is 0 Å². The average molecular weight is 765 g/mol. The van der Waals surface area contributed by atoms with Crippen molar-refractivity contribution in [2.75, 3.05) is 27.4 Å². The predicted molar refractivity (Wildman–Crippen MR) is 226 cm³/mol. The van der Waals surface area contributed by atoms with E-state index in [1.165, 1.54) is 0 Å². The largest absolute Gasteiger partial charge is 0.497 e. The second-order valence-electron chi connectivity index (χ2n) is 14.7. The molecule has 2 aromatic heterocycles. The van der Waals surface area contributed by atoms with Gasteiger partial charge in [0.05, 0.1) is 58.5 Å². The molecule has 0 unspecified atom stereocenters. The lowest BCUT2D eigenvalue weighted by Crippen LogP contribution is -2.10. The maximum Gasteiger partial charge on any atom is 0.196 e. The first-order valence-electron chi connectivity index (χ1n) is 19.6. The van der Waals surface area contributed by atoms with Gasteiger partial charge in [0.1, 0.15) is 36.2 Å². The van der Waals surface area contributed by atoms with E-state index in [2.05, 4.69) is 45.5 Å². The predicted octanol–water partition coefficient (Wildman–Crippen LogP) is 9.98. The minimum atomic E-state index is 0.00476. The zero-order valence-electron chi connectivity index (χ0n) is 32.3. The van der Waals surface area contributed by atoms with E-state index in [0.717, 1.165) is 79.8 Å². The Bertz CT molecular complexity index is 2740. The van der Waals surface area contributed by atoms with Crippen molar-refractivity contribution in [1.29, 1.82) is 0 Å². The number of nitrogens with zero attached hydrogens (tertiary/aromatic N) is 2. The van der Waals surface area contributed by atoms with Gasteiger partial charge in [-0.1, -0.05) is 84.9 Å². The zero-order valence-corrected chi connectivity index (χ0v) is 32.3. The first kappa shape index (κ1) is 35.4. The number of rotatable bonds is 13. The maximum absolute atomic E-state index is 14.1. The van der Waals surface area contributed by atoms with E-state index < -0.39 is 0 Å². The zero-order chi connectivity index (χ0) is 39.3. The van der Waals surface area contributed by atoms with Gasteiger partial charge in [-0.2, -0.15) is 0 Å². The van der Waals surface area contributed by atoms with E-state index in [1.54, 1.807) is 14.2 Å². The topological polar surface area (TPSA) is 80.9 Å². The van der Waals surface area contributed by atoms with E-state index in [9.17, 15) is 9.59 Å². The number of aryl methyl sites for hydroxylation is 4. The van der Waals surface area contributed by atoms with Gasteiger partial charge in [-0.15, -0.1) is 0 Å². The molecule has 0 bridgehead atoms. The highest BCUT2D eigenvalue weighted by Crippen LogP contribution is 2.47. The number of ether oxygens (including phenoxy) is 4. The number of benzene rings is 6. The minimum Gasteiger partial charge on any atom is -0.497 e. The normalized spacial score (nSPS) is 12.4. The molecule has 0 aliphatic heterocycles. The number of fused-ring (bicyclic) bond motifs is 10. The molecule has 0 saturated heterocycles. The van der Waals surface area contributed by atoms with Crippen LogP contribution in [0.25, 0.3) is 44.3 Å². The number of ketones is 2. The summed E-state index contributed by atoms with van der Waals surface area (Å²) in [6.45, 7) is 1.80. The van der Waals surface area contributed by atoms with Crippen LogP contribution in [0, 0.1) is 0 Å². The van der Waals surface area contributed by atoms with Crippen molar-refractivity contribution in [2.24, 2.45) is 0 Å². The number of carbonyl (C=O) groups is 2. The Morgan fingerprint density at radius 2 is 0.879 bits per heavy atom. The van der Waals surface area contributed by atoms with E-state index in [4.69, 9.17) is 18.9 Å². The Balaban J connectivity index is 0.954. The fraction of sp³-hybridized carbons (Fsp3) is 0.160. The molecule has 0 fully saturated rings. The molecule has 2 aliphatic rings. The molecule has 10 rings (SSSR count). The highest BCUT2D eigenvalue weighted by atomic mass is 16.5. The summed E-state index contributed by atoms with van der Waals surface area (Å²) in [5.41, 5.74) is 10.7. The summed E-state index contributed by atoms with van der Waals surface area (Å²) < 4.78 is 28.5. The molecule has 0 N–H and O–H groups in total. The first-order valence-corrected chi connectivity index (χ1v) is 19.6. The Labute approximate surface area is 335 Å². The standard InChI is InChI=1S/C50H40N2O6/c1-55-33-13-7-11-31(29-33)23-25-51-39-19-9-21-41(43(39)45-47(51)35-15-3-5-17-37(35)49(45)53)57-27-28-58-42-22-10-20-40-44(42)46-48(36-16-4-6-18-38(36)50(46)54)52(40)26-24-32-12-8-14-34(30-32)56-2/h3-22,29-30H,23-28H2,1-2H3. The van der Waals surface area contributed by atoms with Crippen LogP contribution in [0.15, 0.2) is 133 Å². The molecule has 0 saturated carbocycles. The van der Waals surface area contributed by atoms with E-state index >= 15 is 0 Å². The fourth-order valence-electron chi connectivity index (χ4n) is 8.93. The number of hydrogen-bond acceptors (Lipinski definition) is 6. The van der Waals surface area contributed by atoms with Gasteiger partial charge in [0.25, 0.3) is 0 Å². The number of methoxy groups -OCH3 is 2. The van der Waals surface area contributed by atoms with Crippen LogP contribution in [-0.4, -0.2) is 48.1 Å². The number of hydrogen-bond donors (Lipinski definition) is 0. The maximum atomic E-state index is 14.1. The van der Waals surface area contributed by atoms with Crippen molar-refractivity contribution in [2.45, 2.75) is 25.9 Å². The average Bonchev–Trinajstić information content (AvgIpc) is 3.97. The molecule has 8 heteroatoms. The van der Waals surface area contributed by atoms with Gasteiger partial charge >= 0.3 is 0 Å². The van der Waals surface area contributed by atoms with Crippen LogP contribution in [0.4, 0.5) is 0 Å². The van der Waals surface area contributed by atoms with E-state index in [0.29, 0.717) is 46.8 Å². The summed E-state index contributed by atoms with van der Waals surface area (Å²) in [4.78, 5) is 28.2. The van der Waals surface area contributed by atoms with E-state index in [1.807, 2.05) is 97.1 Å². The van der Waals surface area contributed by atoms with Crippen molar-refractivity contribution < 1.29 is 28.5 Å². The first-order chi connectivity index (χ1) is 28.5. The molecular weight excluding hydrogens is 725 g/mol. The van der Waals surface area contributed by atoms with Crippen LogP contribution in [0.1, 0.15) is 43.0 Å².